The van der Waals surface area contributed by atoms with Crippen LogP contribution in [0.15, 0.2) is 27.9 Å². The molecule has 0 aromatic carbocycles. The van der Waals surface area contributed by atoms with Gasteiger partial charge >= 0.3 is 6.09 Å². The number of piperidine rings is 1. The third-order valence-electron chi connectivity index (χ3n) is 5.87. The lowest BCUT2D eigenvalue weighted by Crippen LogP contribution is -2.36. The molecule has 10 nitrogen and oxygen atoms in total. The Balaban J connectivity index is 1.26. The van der Waals surface area contributed by atoms with Crippen LogP contribution in [0.4, 0.5) is 4.79 Å². The standard InChI is InChI=1S/C21H24N6O4/c1-11-5-6-22-17-15(11)19(28)27(10-23-17)9-14-24-18(25-31-14)16-12-7-26(8-13(12)16)20(29)30-21(2,3)4/h5-6,10,12-13,16H,7-9H2,1-4H3/t12-,13+,16?. The number of aryl methyl sites for hydroxylation is 1. The average Bonchev–Trinajstić information content (AvgIpc) is 3.05. The summed E-state index contributed by atoms with van der Waals surface area (Å²) in [6.45, 7) is 8.85. The molecule has 1 unspecified atom stereocenters. The van der Waals surface area contributed by atoms with Gasteiger partial charge in [0.1, 0.15) is 18.5 Å². The van der Waals surface area contributed by atoms with Gasteiger partial charge in [-0.3, -0.25) is 9.36 Å². The number of nitrogens with zero attached hydrogens (tertiary/aromatic N) is 6. The summed E-state index contributed by atoms with van der Waals surface area (Å²) in [6, 6.07) is 1.78. The van der Waals surface area contributed by atoms with E-state index in [-0.39, 0.29) is 24.1 Å². The van der Waals surface area contributed by atoms with Crippen LogP contribution in [0.25, 0.3) is 11.0 Å². The molecule has 1 amide bonds. The van der Waals surface area contributed by atoms with Gasteiger partial charge in [0.15, 0.2) is 11.5 Å². The fourth-order valence-corrected chi connectivity index (χ4v) is 4.34. The Hall–Kier alpha value is -3.30. The molecule has 0 bridgehead atoms. The van der Waals surface area contributed by atoms with E-state index in [1.54, 1.807) is 17.2 Å². The highest BCUT2D eigenvalue weighted by Crippen LogP contribution is 2.57. The van der Waals surface area contributed by atoms with E-state index in [9.17, 15) is 9.59 Å². The molecule has 0 radical (unpaired) electrons. The molecule has 162 valence electrons. The van der Waals surface area contributed by atoms with Crippen LogP contribution in [0.2, 0.25) is 0 Å². The van der Waals surface area contributed by atoms with Crippen molar-refractivity contribution < 1.29 is 14.1 Å². The molecule has 31 heavy (non-hydrogen) atoms. The van der Waals surface area contributed by atoms with E-state index in [2.05, 4.69) is 20.1 Å². The van der Waals surface area contributed by atoms with Crippen LogP contribution in [0.5, 0.6) is 0 Å². The van der Waals surface area contributed by atoms with E-state index in [1.165, 1.54) is 10.9 Å². The van der Waals surface area contributed by atoms with Crippen molar-refractivity contribution in [3.05, 3.63) is 46.2 Å². The highest BCUT2D eigenvalue weighted by molar-refractivity contribution is 5.76. The Labute approximate surface area is 178 Å². The van der Waals surface area contributed by atoms with Crippen molar-refractivity contribution in [3.8, 4) is 0 Å². The fourth-order valence-electron chi connectivity index (χ4n) is 4.34. The molecule has 0 N–H and O–H groups in total. The molecule has 1 aliphatic heterocycles. The van der Waals surface area contributed by atoms with Crippen molar-refractivity contribution >= 4 is 17.1 Å². The number of carbonyl (C=O) groups is 1. The molecule has 1 saturated carbocycles. The number of fused-ring (bicyclic) bond motifs is 2. The fraction of sp³-hybridized carbons (Fsp3) is 0.524. The second-order valence-electron chi connectivity index (χ2n) is 9.29. The van der Waals surface area contributed by atoms with Crippen LogP contribution in [0, 0.1) is 18.8 Å². The Morgan fingerprint density at radius 3 is 2.71 bits per heavy atom. The molecule has 3 atom stereocenters. The molecule has 3 aromatic rings. The molecule has 5 rings (SSSR count). The second kappa shape index (κ2) is 6.86. The summed E-state index contributed by atoms with van der Waals surface area (Å²) in [5.41, 5.74) is 0.554. The molecular weight excluding hydrogens is 400 g/mol. The van der Waals surface area contributed by atoms with Crippen molar-refractivity contribution in [2.45, 2.75) is 45.8 Å². The van der Waals surface area contributed by atoms with Gasteiger partial charge in [-0.25, -0.2) is 14.8 Å². The van der Waals surface area contributed by atoms with E-state index in [4.69, 9.17) is 9.26 Å². The minimum Gasteiger partial charge on any atom is -0.444 e. The van der Waals surface area contributed by atoms with Crippen molar-refractivity contribution in [3.63, 3.8) is 0 Å². The molecule has 0 spiro atoms. The zero-order valence-electron chi connectivity index (χ0n) is 17.9. The number of carbonyl (C=O) groups excluding carboxylic acids is 1. The van der Waals surface area contributed by atoms with Crippen molar-refractivity contribution in [2.75, 3.05) is 13.1 Å². The van der Waals surface area contributed by atoms with Crippen LogP contribution >= 0.6 is 0 Å². The summed E-state index contributed by atoms with van der Waals surface area (Å²) >= 11 is 0. The Kier molecular flexibility index (Phi) is 4.35. The topological polar surface area (TPSA) is 116 Å². The van der Waals surface area contributed by atoms with Crippen LogP contribution in [0.1, 0.15) is 44.0 Å². The number of ether oxygens (including phenoxy) is 1. The van der Waals surface area contributed by atoms with Gasteiger partial charge in [-0.2, -0.15) is 4.98 Å². The molecule has 1 aliphatic carbocycles. The van der Waals surface area contributed by atoms with E-state index < -0.39 is 5.60 Å². The normalized spacial score (nSPS) is 22.6. The van der Waals surface area contributed by atoms with Gasteiger partial charge in [-0.15, -0.1) is 0 Å². The third-order valence-corrected chi connectivity index (χ3v) is 5.87. The first-order valence-electron chi connectivity index (χ1n) is 10.3. The minimum absolute atomic E-state index is 0.148. The molecule has 3 aromatic heterocycles. The SMILES string of the molecule is Cc1ccnc2ncn(Cc3nc(C4[C@H]5CN(C(=O)OC(C)(C)C)C[C@@H]45)no3)c(=O)c12. The van der Waals surface area contributed by atoms with Crippen molar-refractivity contribution in [1.29, 1.82) is 0 Å². The van der Waals surface area contributed by atoms with Gasteiger partial charge < -0.3 is 14.2 Å². The highest BCUT2D eigenvalue weighted by atomic mass is 16.6. The number of hydrogen-bond donors (Lipinski definition) is 0. The quantitative estimate of drug-likeness (QED) is 0.628. The van der Waals surface area contributed by atoms with E-state index >= 15 is 0 Å². The zero-order chi connectivity index (χ0) is 21.9. The summed E-state index contributed by atoms with van der Waals surface area (Å²) in [5, 5.41) is 4.62. The van der Waals surface area contributed by atoms with E-state index in [1.807, 2.05) is 27.7 Å². The predicted octanol–water partition coefficient (Wildman–Crippen LogP) is 2.11. The van der Waals surface area contributed by atoms with Crippen LogP contribution in [-0.4, -0.2) is 54.4 Å². The number of aromatic nitrogens is 5. The minimum atomic E-state index is -0.504. The van der Waals surface area contributed by atoms with Gasteiger partial charge in [0, 0.05) is 25.2 Å². The maximum atomic E-state index is 12.8. The summed E-state index contributed by atoms with van der Waals surface area (Å²) in [6.07, 6.45) is 2.81. The van der Waals surface area contributed by atoms with Crippen molar-refractivity contribution in [2.24, 2.45) is 11.8 Å². The van der Waals surface area contributed by atoms with Crippen LogP contribution in [-0.2, 0) is 11.3 Å². The molecular formula is C21H24N6O4. The number of amides is 1. The first kappa shape index (κ1) is 19.7. The Morgan fingerprint density at radius 2 is 2.00 bits per heavy atom. The first-order valence-corrected chi connectivity index (χ1v) is 10.3. The summed E-state index contributed by atoms with van der Waals surface area (Å²) < 4.78 is 12.3. The van der Waals surface area contributed by atoms with Gasteiger partial charge in [0.05, 0.1) is 5.39 Å². The smallest absolute Gasteiger partial charge is 0.410 e. The van der Waals surface area contributed by atoms with Gasteiger partial charge in [-0.05, 0) is 51.2 Å². The predicted molar refractivity (Wildman–Crippen MR) is 109 cm³/mol. The third kappa shape index (κ3) is 3.55. The maximum absolute atomic E-state index is 12.8. The molecule has 4 heterocycles. The average molecular weight is 424 g/mol. The molecule has 2 aliphatic rings. The van der Waals surface area contributed by atoms with E-state index in [0.717, 1.165) is 5.56 Å². The summed E-state index contributed by atoms with van der Waals surface area (Å²) in [7, 11) is 0. The number of rotatable bonds is 3. The largest absolute Gasteiger partial charge is 0.444 e. The number of hydrogen-bond acceptors (Lipinski definition) is 8. The Morgan fingerprint density at radius 1 is 1.26 bits per heavy atom. The number of pyridine rings is 1. The highest BCUT2D eigenvalue weighted by Gasteiger charge is 2.59. The van der Waals surface area contributed by atoms with Gasteiger partial charge in [0.25, 0.3) is 5.56 Å². The Bertz CT molecular complexity index is 1210. The lowest BCUT2D eigenvalue weighted by atomic mass is 10.2. The molecule has 10 heteroatoms. The lowest BCUT2D eigenvalue weighted by Gasteiger charge is -2.25. The summed E-state index contributed by atoms with van der Waals surface area (Å²) in [5.74, 6) is 1.80. The van der Waals surface area contributed by atoms with Gasteiger partial charge in [0.2, 0.25) is 5.89 Å². The zero-order valence-corrected chi connectivity index (χ0v) is 17.9. The monoisotopic (exact) mass is 424 g/mol. The molecule has 1 saturated heterocycles. The van der Waals surface area contributed by atoms with Crippen molar-refractivity contribution in [1.82, 2.24) is 29.6 Å². The van der Waals surface area contributed by atoms with E-state index in [0.29, 0.717) is 47.7 Å². The second-order valence-corrected chi connectivity index (χ2v) is 9.29. The lowest BCUT2D eigenvalue weighted by molar-refractivity contribution is 0.0270. The van der Waals surface area contributed by atoms with Gasteiger partial charge in [-0.1, -0.05) is 5.16 Å². The van der Waals surface area contributed by atoms with Crippen LogP contribution in [0.3, 0.4) is 0 Å². The number of likely N-dealkylation sites (tertiary alicyclic amines) is 1. The summed E-state index contributed by atoms with van der Waals surface area (Å²) in [4.78, 5) is 39.7. The maximum Gasteiger partial charge on any atom is 0.410 e. The molecule has 2 fully saturated rings. The first-order chi connectivity index (χ1) is 14.7. The van der Waals surface area contributed by atoms with Crippen LogP contribution < -0.4 is 5.56 Å².